The topological polar surface area (TPSA) is 61.6 Å². The van der Waals surface area contributed by atoms with Crippen molar-refractivity contribution in [2.45, 2.75) is 58.8 Å². The van der Waals surface area contributed by atoms with Gasteiger partial charge in [0.25, 0.3) is 0 Å². The van der Waals surface area contributed by atoms with E-state index in [4.69, 9.17) is 4.99 Å². The summed E-state index contributed by atoms with van der Waals surface area (Å²) < 4.78 is 2.06. The smallest absolute Gasteiger partial charge is 0.194 e. The molecule has 2 unspecified atom stereocenters. The largest absolute Gasteiger partial charge is 0.357 e. The van der Waals surface area contributed by atoms with Crippen molar-refractivity contribution in [3.8, 4) is 0 Å². The fourth-order valence-electron chi connectivity index (χ4n) is 4.95. The molecule has 1 aromatic carbocycles. The number of rotatable bonds is 6. The molecule has 2 aliphatic rings. The monoisotopic (exact) mass is 409 g/mol. The average Bonchev–Trinajstić information content (AvgIpc) is 3.25. The first-order valence-corrected chi connectivity index (χ1v) is 11.5. The van der Waals surface area contributed by atoms with Gasteiger partial charge >= 0.3 is 0 Å². The zero-order valence-electron chi connectivity index (χ0n) is 18.4. The number of hydrogen-bond donors (Lipinski definition) is 1. The van der Waals surface area contributed by atoms with Crippen molar-refractivity contribution < 1.29 is 0 Å². The van der Waals surface area contributed by atoms with Gasteiger partial charge in [-0.05, 0) is 51.1 Å². The van der Waals surface area contributed by atoms with Crippen molar-refractivity contribution in [2.75, 3.05) is 26.2 Å². The Morgan fingerprint density at radius 3 is 2.83 bits per heavy atom. The second-order valence-electron chi connectivity index (χ2n) is 8.36. The van der Waals surface area contributed by atoms with Gasteiger partial charge in [0.15, 0.2) is 11.8 Å². The Balaban J connectivity index is 1.41. The molecule has 2 aromatic rings. The Labute approximate surface area is 180 Å². The van der Waals surface area contributed by atoms with E-state index in [0.717, 1.165) is 44.5 Å². The number of benzene rings is 1. The average molecular weight is 410 g/mol. The minimum absolute atomic E-state index is 0.570. The predicted molar refractivity (Wildman–Crippen MR) is 120 cm³/mol. The molecule has 0 bridgehead atoms. The molecule has 0 radical (unpaired) electrons. The number of aryl methyl sites for hydroxylation is 1. The van der Waals surface area contributed by atoms with E-state index in [0.29, 0.717) is 18.5 Å². The zero-order chi connectivity index (χ0) is 20.8. The van der Waals surface area contributed by atoms with Crippen LogP contribution >= 0.6 is 0 Å². The predicted octanol–water partition coefficient (Wildman–Crippen LogP) is 2.75. The molecule has 7 heteroatoms. The number of likely N-dealkylation sites (tertiary alicyclic amines) is 2. The molecule has 1 N–H and O–H groups in total. The first-order chi connectivity index (χ1) is 14.8. The van der Waals surface area contributed by atoms with Crippen LogP contribution in [-0.4, -0.2) is 62.7 Å². The molecular formula is C23H35N7. The van der Waals surface area contributed by atoms with E-state index in [-0.39, 0.29) is 0 Å². The van der Waals surface area contributed by atoms with Gasteiger partial charge in [0.1, 0.15) is 12.9 Å². The van der Waals surface area contributed by atoms with Gasteiger partial charge in [-0.2, -0.15) is 0 Å². The Bertz CT molecular complexity index is 816. The molecule has 4 rings (SSSR count). The standard InChI is InChI=1S/C23H35N7/c1-3-24-23(25-15-22-27-26-18-28(22)4-2)30-14-12-21-20(17-30)11-8-13-29(21)16-19-9-6-5-7-10-19/h5-7,9-10,18,20-21H,3-4,8,11-17H2,1-2H3,(H,24,25). The first-order valence-electron chi connectivity index (χ1n) is 11.5. The molecule has 2 fully saturated rings. The highest BCUT2D eigenvalue weighted by Gasteiger charge is 2.36. The van der Waals surface area contributed by atoms with Crippen LogP contribution < -0.4 is 5.32 Å². The molecule has 0 spiro atoms. The number of aliphatic imine (C=N–C) groups is 1. The number of aromatic nitrogens is 3. The minimum Gasteiger partial charge on any atom is -0.357 e. The molecule has 2 saturated heterocycles. The quantitative estimate of drug-likeness (QED) is 0.587. The highest BCUT2D eigenvalue weighted by atomic mass is 15.3. The molecule has 0 saturated carbocycles. The van der Waals surface area contributed by atoms with Crippen LogP contribution in [-0.2, 0) is 19.6 Å². The maximum Gasteiger partial charge on any atom is 0.194 e. The highest BCUT2D eigenvalue weighted by Crippen LogP contribution is 2.31. The van der Waals surface area contributed by atoms with Crippen LogP contribution in [0.2, 0.25) is 0 Å². The van der Waals surface area contributed by atoms with E-state index in [9.17, 15) is 0 Å². The number of piperidine rings is 2. The SMILES string of the molecule is CCNC(=NCc1nncn1CC)N1CCC2C(CCCN2Cc2ccccc2)C1. The van der Waals surface area contributed by atoms with Crippen LogP contribution in [0.25, 0.3) is 0 Å². The van der Waals surface area contributed by atoms with Gasteiger partial charge in [-0.3, -0.25) is 4.90 Å². The lowest BCUT2D eigenvalue weighted by atomic mass is 9.83. The van der Waals surface area contributed by atoms with E-state index >= 15 is 0 Å². The molecule has 2 atom stereocenters. The Hall–Kier alpha value is -2.41. The summed E-state index contributed by atoms with van der Waals surface area (Å²) in [5.41, 5.74) is 1.43. The summed E-state index contributed by atoms with van der Waals surface area (Å²) >= 11 is 0. The molecule has 1 aromatic heterocycles. The van der Waals surface area contributed by atoms with Gasteiger partial charge in [-0.25, -0.2) is 4.99 Å². The summed E-state index contributed by atoms with van der Waals surface area (Å²) in [6.45, 7) is 11.0. The van der Waals surface area contributed by atoms with E-state index in [1.165, 1.54) is 31.4 Å². The van der Waals surface area contributed by atoms with Crippen LogP contribution in [0.4, 0.5) is 0 Å². The molecule has 7 nitrogen and oxygen atoms in total. The van der Waals surface area contributed by atoms with Crippen molar-refractivity contribution in [3.05, 3.63) is 48.0 Å². The summed E-state index contributed by atoms with van der Waals surface area (Å²) in [4.78, 5) is 10.1. The summed E-state index contributed by atoms with van der Waals surface area (Å²) in [6.07, 6.45) is 5.59. The van der Waals surface area contributed by atoms with Crippen LogP contribution in [0.3, 0.4) is 0 Å². The van der Waals surface area contributed by atoms with Crippen LogP contribution in [0.15, 0.2) is 41.7 Å². The van der Waals surface area contributed by atoms with Crippen molar-refractivity contribution in [1.82, 2.24) is 29.9 Å². The van der Waals surface area contributed by atoms with E-state index in [2.05, 4.69) is 74.1 Å². The number of fused-ring (bicyclic) bond motifs is 1. The second-order valence-corrected chi connectivity index (χ2v) is 8.36. The van der Waals surface area contributed by atoms with Gasteiger partial charge in [-0.1, -0.05) is 30.3 Å². The number of nitrogens with zero attached hydrogens (tertiary/aromatic N) is 6. The Kier molecular flexibility index (Phi) is 7.00. The fourth-order valence-corrected chi connectivity index (χ4v) is 4.95. The van der Waals surface area contributed by atoms with E-state index in [1.807, 2.05) is 0 Å². The molecule has 0 amide bonds. The fraction of sp³-hybridized carbons (Fsp3) is 0.609. The molecule has 162 valence electrons. The van der Waals surface area contributed by atoms with Gasteiger partial charge < -0.3 is 14.8 Å². The van der Waals surface area contributed by atoms with Crippen molar-refractivity contribution in [1.29, 1.82) is 0 Å². The minimum atomic E-state index is 0.570. The van der Waals surface area contributed by atoms with E-state index in [1.54, 1.807) is 6.33 Å². The van der Waals surface area contributed by atoms with Crippen LogP contribution in [0.5, 0.6) is 0 Å². The van der Waals surface area contributed by atoms with E-state index < -0.39 is 0 Å². The van der Waals surface area contributed by atoms with Gasteiger partial charge in [0, 0.05) is 38.8 Å². The number of nitrogens with one attached hydrogen (secondary N) is 1. The van der Waals surface area contributed by atoms with Crippen molar-refractivity contribution in [2.24, 2.45) is 10.9 Å². The lowest BCUT2D eigenvalue weighted by Crippen LogP contribution is -2.56. The van der Waals surface area contributed by atoms with Crippen LogP contribution in [0.1, 0.15) is 44.5 Å². The normalized spacial score (nSPS) is 22.7. The maximum atomic E-state index is 4.91. The van der Waals surface area contributed by atoms with Crippen molar-refractivity contribution >= 4 is 5.96 Å². The molecule has 3 heterocycles. The zero-order valence-corrected chi connectivity index (χ0v) is 18.4. The molecular weight excluding hydrogens is 374 g/mol. The highest BCUT2D eigenvalue weighted by molar-refractivity contribution is 5.80. The summed E-state index contributed by atoms with van der Waals surface area (Å²) in [6, 6.07) is 11.6. The number of hydrogen-bond acceptors (Lipinski definition) is 4. The van der Waals surface area contributed by atoms with Crippen molar-refractivity contribution in [3.63, 3.8) is 0 Å². The third-order valence-electron chi connectivity index (χ3n) is 6.45. The lowest BCUT2D eigenvalue weighted by Gasteiger charge is -2.48. The number of guanidine groups is 1. The maximum absolute atomic E-state index is 4.91. The third-order valence-corrected chi connectivity index (χ3v) is 6.45. The molecule has 30 heavy (non-hydrogen) atoms. The second kappa shape index (κ2) is 10.1. The first kappa shape index (κ1) is 20.8. The van der Waals surface area contributed by atoms with Gasteiger partial charge in [0.05, 0.1) is 0 Å². The lowest BCUT2D eigenvalue weighted by molar-refractivity contribution is 0.0372. The Morgan fingerprint density at radius 1 is 1.17 bits per heavy atom. The summed E-state index contributed by atoms with van der Waals surface area (Å²) in [7, 11) is 0. The summed E-state index contributed by atoms with van der Waals surface area (Å²) in [5.74, 6) is 2.65. The van der Waals surface area contributed by atoms with Crippen LogP contribution in [0, 0.1) is 5.92 Å². The van der Waals surface area contributed by atoms with Gasteiger partial charge in [-0.15, -0.1) is 10.2 Å². The van der Waals surface area contributed by atoms with Gasteiger partial charge in [0.2, 0.25) is 0 Å². The molecule has 2 aliphatic heterocycles. The Morgan fingerprint density at radius 2 is 2.03 bits per heavy atom. The molecule has 0 aliphatic carbocycles. The third kappa shape index (κ3) is 4.83. The summed E-state index contributed by atoms with van der Waals surface area (Å²) in [5, 5.41) is 11.8.